The number of anilines is 1. The Hall–Kier alpha value is -1.13. The van der Waals surface area contributed by atoms with Crippen molar-refractivity contribution in [3.05, 3.63) is 34.9 Å². The highest BCUT2D eigenvalue weighted by Crippen LogP contribution is 2.28. The minimum absolute atomic E-state index is 0.439. The number of halogens is 1. The quantitative estimate of drug-likeness (QED) is 0.905. The molecule has 1 aliphatic carbocycles. The maximum absolute atomic E-state index is 5.43. The summed E-state index contributed by atoms with van der Waals surface area (Å²) in [6, 6.07) is 8.93. The number of para-hydroxylation sites is 1. The highest BCUT2D eigenvalue weighted by Gasteiger charge is 2.21. The molecule has 0 radical (unpaired) electrons. The molecule has 1 aliphatic rings. The molecule has 3 rings (SSSR count). The molecule has 0 bridgehead atoms. The lowest BCUT2D eigenvalue weighted by Crippen LogP contribution is -2.29. The second-order valence-electron chi connectivity index (χ2n) is 5.38. The van der Waals surface area contributed by atoms with Gasteiger partial charge >= 0.3 is 0 Å². The predicted octanol–water partition coefficient (Wildman–Crippen LogP) is 4.37. The normalized spacial score (nSPS) is 22.9. The van der Waals surface area contributed by atoms with Crippen molar-refractivity contribution < 1.29 is 4.74 Å². The van der Waals surface area contributed by atoms with Gasteiger partial charge in [0.25, 0.3) is 0 Å². The smallest absolute Gasteiger partial charge is 0.0934 e. The number of hydrogen-bond donors (Lipinski definition) is 1. The van der Waals surface area contributed by atoms with Gasteiger partial charge < -0.3 is 10.1 Å². The van der Waals surface area contributed by atoms with Crippen LogP contribution >= 0.6 is 15.9 Å². The summed E-state index contributed by atoms with van der Waals surface area (Å²) in [5.74, 6) is 0. The SMILES string of the molecule is COC1CCC(Nc2cccc3cc(Br)cnc23)CC1. The molecule has 0 saturated heterocycles. The van der Waals surface area contributed by atoms with Gasteiger partial charge in [-0.05, 0) is 53.7 Å². The third-order valence-corrected chi connectivity index (χ3v) is 4.48. The van der Waals surface area contributed by atoms with E-state index in [4.69, 9.17) is 4.74 Å². The van der Waals surface area contributed by atoms with Gasteiger partial charge in [0.1, 0.15) is 0 Å². The molecule has 0 aliphatic heterocycles. The van der Waals surface area contributed by atoms with Crippen LogP contribution in [0.3, 0.4) is 0 Å². The fourth-order valence-corrected chi connectivity index (χ4v) is 3.26. The van der Waals surface area contributed by atoms with Crippen molar-refractivity contribution in [2.75, 3.05) is 12.4 Å². The van der Waals surface area contributed by atoms with Crippen molar-refractivity contribution in [3.63, 3.8) is 0 Å². The maximum atomic E-state index is 5.43. The van der Waals surface area contributed by atoms with Crippen LogP contribution in [0.15, 0.2) is 34.9 Å². The highest BCUT2D eigenvalue weighted by atomic mass is 79.9. The highest BCUT2D eigenvalue weighted by molar-refractivity contribution is 9.10. The van der Waals surface area contributed by atoms with Crippen LogP contribution in [0.25, 0.3) is 10.9 Å². The molecule has 1 heterocycles. The van der Waals surface area contributed by atoms with E-state index < -0.39 is 0 Å². The Morgan fingerprint density at radius 1 is 1.25 bits per heavy atom. The van der Waals surface area contributed by atoms with Crippen LogP contribution in [0, 0.1) is 0 Å². The summed E-state index contributed by atoms with van der Waals surface area (Å²) in [5, 5.41) is 4.82. The number of nitrogens with one attached hydrogen (secondary N) is 1. The van der Waals surface area contributed by atoms with E-state index in [1.807, 2.05) is 13.3 Å². The zero-order valence-corrected chi connectivity index (χ0v) is 13.2. The minimum atomic E-state index is 0.439. The minimum Gasteiger partial charge on any atom is -0.381 e. The van der Waals surface area contributed by atoms with Crippen LogP contribution in [0.2, 0.25) is 0 Å². The first-order chi connectivity index (χ1) is 9.76. The summed E-state index contributed by atoms with van der Waals surface area (Å²) in [4.78, 5) is 4.54. The lowest BCUT2D eigenvalue weighted by Gasteiger charge is -2.29. The molecule has 1 aromatic carbocycles. The van der Waals surface area contributed by atoms with Crippen LogP contribution in [0.1, 0.15) is 25.7 Å². The number of fused-ring (bicyclic) bond motifs is 1. The Labute approximate surface area is 127 Å². The van der Waals surface area contributed by atoms with E-state index in [1.165, 1.54) is 0 Å². The number of methoxy groups -OCH3 is 1. The molecule has 0 atom stereocenters. The monoisotopic (exact) mass is 334 g/mol. The average Bonchev–Trinajstić information content (AvgIpc) is 2.48. The molecule has 1 aromatic heterocycles. The van der Waals surface area contributed by atoms with Gasteiger partial charge in [-0.2, -0.15) is 0 Å². The number of pyridine rings is 1. The molecule has 0 amide bonds. The maximum Gasteiger partial charge on any atom is 0.0934 e. The number of rotatable bonds is 3. The van der Waals surface area contributed by atoms with Crippen molar-refractivity contribution in [1.29, 1.82) is 0 Å². The average molecular weight is 335 g/mol. The molecular formula is C16H19BrN2O. The molecule has 1 N–H and O–H groups in total. The molecule has 1 saturated carbocycles. The number of hydrogen-bond acceptors (Lipinski definition) is 3. The molecule has 20 heavy (non-hydrogen) atoms. The number of aromatic nitrogens is 1. The van der Waals surface area contributed by atoms with Gasteiger partial charge in [-0.25, -0.2) is 0 Å². The summed E-state index contributed by atoms with van der Waals surface area (Å²) >= 11 is 3.47. The van der Waals surface area contributed by atoms with Gasteiger partial charge in [0.15, 0.2) is 0 Å². The van der Waals surface area contributed by atoms with Crippen LogP contribution in [0.5, 0.6) is 0 Å². The Morgan fingerprint density at radius 3 is 2.80 bits per heavy atom. The summed E-state index contributed by atoms with van der Waals surface area (Å²) < 4.78 is 6.44. The van der Waals surface area contributed by atoms with Gasteiger partial charge in [0, 0.05) is 29.2 Å². The zero-order chi connectivity index (χ0) is 13.9. The summed E-state index contributed by atoms with van der Waals surface area (Å²) in [5.41, 5.74) is 2.18. The van der Waals surface area contributed by atoms with E-state index in [2.05, 4.69) is 50.5 Å². The summed E-state index contributed by atoms with van der Waals surface area (Å²) in [7, 11) is 1.81. The largest absolute Gasteiger partial charge is 0.381 e. The van der Waals surface area contributed by atoms with Crippen molar-refractivity contribution in [2.45, 2.75) is 37.8 Å². The molecule has 3 nitrogen and oxygen atoms in total. The second-order valence-corrected chi connectivity index (χ2v) is 6.30. The molecule has 4 heteroatoms. The van der Waals surface area contributed by atoms with Crippen LogP contribution in [-0.4, -0.2) is 24.2 Å². The van der Waals surface area contributed by atoms with E-state index >= 15 is 0 Å². The fraction of sp³-hybridized carbons (Fsp3) is 0.438. The molecule has 1 fully saturated rings. The van der Waals surface area contributed by atoms with Crippen molar-refractivity contribution in [2.24, 2.45) is 0 Å². The summed E-state index contributed by atoms with van der Waals surface area (Å²) in [6.07, 6.45) is 6.89. The first-order valence-electron chi connectivity index (χ1n) is 7.10. The van der Waals surface area contributed by atoms with Gasteiger partial charge in [0.05, 0.1) is 17.3 Å². The topological polar surface area (TPSA) is 34.1 Å². The Bertz CT molecular complexity index is 594. The van der Waals surface area contributed by atoms with E-state index in [1.54, 1.807) is 0 Å². The van der Waals surface area contributed by atoms with Gasteiger partial charge in [-0.1, -0.05) is 12.1 Å². The van der Waals surface area contributed by atoms with E-state index in [0.717, 1.165) is 46.7 Å². The molecule has 0 unspecified atom stereocenters. The third-order valence-electron chi connectivity index (χ3n) is 4.04. The first-order valence-corrected chi connectivity index (χ1v) is 7.89. The number of ether oxygens (including phenoxy) is 1. The molecule has 106 valence electrons. The van der Waals surface area contributed by atoms with Crippen molar-refractivity contribution in [3.8, 4) is 0 Å². The molecular weight excluding hydrogens is 316 g/mol. The van der Waals surface area contributed by atoms with Crippen LogP contribution in [0.4, 0.5) is 5.69 Å². The fourth-order valence-electron chi connectivity index (χ4n) is 2.91. The zero-order valence-electron chi connectivity index (χ0n) is 11.6. The molecule has 0 spiro atoms. The van der Waals surface area contributed by atoms with Gasteiger partial charge in [-0.3, -0.25) is 4.98 Å². The summed E-state index contributed by atoms with van der Waals surface area (Å²) in [6.45, 7) is 0. The van der Waals surface area contributed by atoms with Crippen molar-refractivity contribution >= 4 is 32.5 Å². The van der Waals surface area contributed by atoms with Gasteiger partial charge in [-0.15, -0.1) is 0 Å². The van der Waals surface area contributed by atoms with Crippen LogP contribution < -0.4 is 5.32 Å². The molecule has 2 aromatic rings. The van der Waals surface area contributed by atoms with E-state index in [-0.39, 0.29) is 0 Å². The van der Waals surface area contributed by atoms with E-state index in [9.17, 15) is 0 Å². The van der Waals surface area contributed by atoms with Gasteiger partial charge in [0.2, 0.25) is 0 Å². The third kappa shape index (κ3) is 2.96. The Morgan fingerprint density at radius 2 is 2.05 bits per heavy atom. The number of benzene rings is 1. The standard InChI is InChI=1S/C16H19BrN2O/c1-20-14-7-5-13(6-8-14)19-15-4-2-3-11-9-12(17)10-18-16(11)15/h2-4,9-10,13-14,19H,5-8H2,1H3. The van der Waals surface area contributed by atoms with E-state index in [0.29, 0.717) is 12.1 Å². The lowest BCUT2D eigenvalue weighted by molar-refractivity contribution is 0.0682. The lowest BCUT2D eigenvalue weighted by atomic mass is 9.92. The van der Waals surface area contributed by atoms with Crippen LogP contribution in [-0.2, 0) is 4.74 Å². The second kappa shape index (κ2) is 6.10. The predicted molar refractivity (Wildman–Crippen MR) is 86.1 cm³/mol. The van der Waals surface area contributed by atoms with Crippen molar-refractivity contribution in [1.82, 2.24) is 4.98 Å². The first kappa shape index (κ1) is 13.8. The number of nitrogens with zero attached hydrogens (tertiary/aromatic N) is 1. The Balaban J connectivity index is 1.78. The Kier molecular flexibility index (Phi) is 4.22.